The van der Waals surface area contributed by atoms with E-state index in [9.17, 15) is 4.79 Å². The van der Waals surface area contributed by atoms with Gasteiger partial charge in [-0.2, -0.15) is 0 Å². The van der Waals surface area contributed by atoms with E-state index in [-0.39, 0.29) is 5.97 Å². The van der Waals surface area contributed by atoms with E-state index in [0.29, 0.717) is 12.3 Å². The number of carbonyl (C=O) groups excluding carboxylic acids is 1. The molecule has 1 aromatic heterocycles. The molecular formula is C13H19N3O2. The number of nitrogens with zero attached hydrogens (tertiary/aromatic N) is 3. The van der Waals surface area contributed by atoms with Gasteiger partial charge in [-0.3, -0.25) is 0 Å². The SMILES string of the molecule is CCOC(=O)c1ccc(N2CCN(C)CC2)cn1. The van der Waals surface area contributed by atoms with Crippen molar-refractivity contribution >= 4 is 11.7 Å². The van der Waals surface area contributed by atoms with E-state index < -0.39 is 0 Å². The van der Waals surface area contributed by atoms with Gasteiger partial charge in [0.2, 0.25) is 0 Å². The van der Waals surface area contributed by atoms with Crippen molar-refractivity contribution in [1.29, 1.82) is 0 Å². The summed E-state index contributed by atoms with van der Waals surface area (Å²) in [6.45, 7) is 6.27. The lowest BCUT2D eigenvalue weighted by Gasteiger charge is -2.33. The first-order chi connectivity index (χ1) is 8.70. The monoisotopic (exact) mass is 249 g/mol. The Morgan fingerprint density at radius 1 is 1.33 bits per heavy atom. The second kappa shape index (κ2) is 5.82. The minimum Gasteiger partial charge on any atom is -0.461 e. The van der Waals surface area contributed by atoms with Gasteiger partial charge in [0.05, 0.1) is 18.5 Å². The molecule has 0 N–H and O–H groups in total. The fourth-order valence-electron chi connectivity index (χ4n) is 1.96. The van der Waals surface area contributed by atoms with Gasteiger partial charge in [0, 0.05) is 26.2 Å². The third-order valence-electron chi connectivity index (χ3n) is 3.10. The number of rotatable bonds is 3. The Balaban J connectivity index is 2.01. The third kappa shape index (κ3) is 2.98. The van der Waals surface area contributed by atoms with Gasteiger partial charge < -0.3 is 14.5 Å². The molecule has 2 rings (SSSR count). The van der Waals surface area contributed by atoms with E-state index in [1.165, 1.54) is 0 Å². The Morgan fingerprint density at radius 2 is 2.06 bits per heavy atom. The van der Waals surface area contributed by atoms with Gasteiger partial charge in [0.1, 0.15) is 5.69 Å². The van der Waals surface area contributed by atoms with Crippen molar-refractivity contribution in [2.24, 2.45) is 0 Å². The van der Waals surface area contributed by atoms with Gasteiger partial charge in [-0.15, -0.1) is 0 Å². The van der Waals surface area contributed by atoms with E-state index in [2.05, 4.69) is 21.8 Å². The quantitative estimate of drug-likeness (QED) is 0.748. The van der Waals surface area contributed by atoms with Crippen LogP contribution in [0.5, 0.6) is 0 Å². The standard InChI is InChI=1S/C13H19N3O2/c1-3-18-13(17)12-5-4-11(10-14-12)16-8-6-15(2)7-9-16/h4-5,10H,3,6-9H2,1-2H3. The summed E-state index contributed by atoms with van der Waals surface area (Å²) in [4.78, 5) is 20.2. The molecule has 0 radical (unpaired) electrons. The van der Waals surface area contributed by atoms with Crippen LogP contribution in [0.4, 0.5) is 5.69 Å². The highest BCUT2D eigenvalue weighted by Gasteiger charge is 2.15. The molecule has 0 bridgehead atoms. The predicted molar refractivity (Wildman–Crippen MR) is 69.9 cm³/mol. The number of hydrogen-bond acceptors (Lipinski definition) is 5. The van der Waals surface area contributed by atoms with Crippen molar-refractivity contribution in [1.82, 2.24) is 9.88 Å². The summed E-state index contributed by atoms with van der Waals surface area (Å²) in [5.74, 6) is -0.359. The Kier molecular flexibility index (Phi) is 4.15. The zero-order chi connectivity index (χ0) is 13.0. The normalized spacial score (nSPS) is 16.7. The molecule has 0 saturated carbocycles. The summed E-state index contributed by atoms with van der Waals surface area (Å²) in [5.41, 5.74) is 1.44. The number of likely N-dealkylation sites (N-methyl/N-ethyl adjacent to an activating group) is 1. The van der Waals surface area contributed by atoms with Crippen LogP contribution in [0.2, 0.25) is 0 Å². The van der Waals surface area contributed by atoms with Crippen LogP contribution in [0.1, 0.15) is 17.4 Å². The molecule has 18 heavy (non-hydrogen) atoms. The summed E-state index contributed by atoms with van der Waals surface area (Å²) in [6, 6.07) is 3.66. The van der Waals surface area contributed by atoms with Crippen molar-refractivity contribution in [2.45, 2.75) is 6.92 Å². The molecule has 5 heteroatoms. The number of ether oxygens (including phenoxy) is 1. The molecule has 0 unspecified atom stereocenters. The summed E-state index contributed by atoms with van der Waals surface area (Å²) in [7, 11) is 2.12. The lowest BCUT2D eigenvalue weighted by molar-refractivity contribution is 0.0519. The minimum absolute atomic E-state index is 0.359. The highest BCUT2D eigenvalue weighted by Crippen LogP contribution is 2.15. The molecule has 0 aliphatic carbocycles. The molecule has 5 nitrogen and oxygen atoms in total. The Labute approximate surface area is 107 Å². The van der Waals surface area contributed by atoms with Gasteiger partial charge in [-0.25, -0.2) is 9.78 Å². The first-order valence-corrected chi connectivity index (χ1v) is 6.27. The lowest BCUT2D eigenvalue weighted by Crippen LogP contribution is -2.44. The van der Waals surface area contributed by atoms with Crippen LogP contribution in [-0.2, 0) is 4.74 Å². The topological polar surface area (TPSA) is 45.7 Å². The van der Waals surface area contributed by atoms with Gasteiger partial charge in [-0.05, 0) is 26.1 Å². The van der Waals surface area contributed by atoms with Gasteiger partial charge in [-0.1, -0.05) is 0 Å². The summed E-state index contributed by atoms with van der Waals surface area (Å²) in [6.07, 6.45) is 1.75. The Hall–Kier alpha value is -1.62. The summed E-state index contributed by atoms with van der Waals surface area (Å²) >= 11 is 0. The van der Waals surface area contributed by atoms with Crippen LogP contribution in [-0.4, -0.2) is 55.7 Å². The second-order valence-corrected chi connectivity index (χ2v) is 4.41. The zero-order valence-electron chi connectivity index (χ0n) is 10.9. The minimum atomic E-state index is -0.359. The molecule has 1 aromatic rings. The molecule has 1 aliphatic rings. The van der Waals surface area contributed by atoms with Gasteiger partial charge in [0.25, 0.3) is 0 Å². The van der Waals surface area contributed by atoms with E-state index in [0.717, 1.165) is 31.9 Å². The fraction of sp³-hybridized carbons (Fsp3) is 0.538. The highest BCUT2D eigenvalue weighted by molar-refractivity contribution is 5.87. The molecule has 0 spiro atoms. The number of anilines is 1. The molecule has 1 saturated heterocycles. The first kappa shape index (κ1) is 12.8. The maximum Gasteiger partial charge on any atom is 0.356 e. The van der Waals surface area contributed by atoms with Crippen LogP contribution >= 0.6 is 0 Å². The van der Waals surface area contributed by atoms with E-state index in [4.69, 9.17) is 4.74 Å². The average Bonchev–Trinajstić information content (AvgIpc) is 2.40. The average molecular weight is 249 g/mol. The molecule has 0 aromatic carbocycles. The molecule has 1 fully saturated rings. The molecule has 2 heterocycles. The van der Waals surface area contributed by atoms with Crippen molar-refractivity contribution in [2.75, 3.05) is 44.7 Å². The molecule has 0 atom stereocenters. The van der Waals surface area contributed by atoms with E-state index in [1.807, 2.05) is 6.07 Å². The zero-order valence-corrected chi connectivity index (χ0v) is 10.9. The molecule has 0 amide bonds. The molecular weight excluding hydrogens is 230 g/mol. The smallest absolute Gasteiger partial charge is 0.356 e. The van der Waals surface area contributed by atoms with Crippen LogP contribution in [0.15, 0.2) is 18.3 Å². The van der Waals surface area contributed by atoms with Crippen molar-refractivity contribution < 1.29 is 9.53 Å². The number of piperazine rings is 1. The lowest BCUT2D eigenvalue weighted by atomic mass is 10.2. The fourth-order valence-corrected chi connectivity index (χ4v) is 1.96. The summed E-state index contributed by atoms with van der Waals surface area (Å²) in [5, 5.41) is 0. The predicted octanol–water partition coefficient (Wildman–Crippen LogP) is 1.01. The van der Waals surface area contributed by atoms with Crippen LogP contribution < -0.4 is 4.90 Å². The summed E-state index contributed by atoms with van der Waals surface area (Å²) < 4.78 is 4.91. The number of carbonyl (C=O) groups is 1. The van der Waals surface area contributed by atoms with E-state index in [1.54, 1.807) is 19.2 Å². The maximum atomic E-state index is 11.5. The van der Waals surface area contributed by atoms with Crippen molar-refractivity contribution in [3.8, 4) is 0 Å². The van der Waals surface area contributed by atoms with Crippen molar-refractivity contribution in [3.05, 3.63) is 24.0 Å². The Bertz CT molecular complexity index is 397. The van der Waals surface area contributed by atoms with Crippen LogP contribution in [0.3, 0.4) is 0 Å². The number of pyridine rings is 1. The maximum absolute atomic E-state index is 11.5. The first-order valence-electron chi connectivity index (χ1n) is 6.27. The number of aromatic nitrogens is 1. The van der Waals surface area contributed by atoms with Crippen LogP contribution in [0.25, 0.3) is 0 Å². The second-order valence-electron chi connectivity index (χ2n) is 4.41. The highest BCUT2D eigenvalue weighted by atomic mass is 16.5. The largest absolute Gasteiger partial charge is 0.461 e. The Morgan fingerprint density at radius 3 is 2.61 bits per heavy atom. The number of hydrogen-bond donors (Lipinski definition) is 0. The third-order valence-corrected chi connectivity index (χ3v) is 3.10. The van der Waals surface area contributed by atoms with Gasteiger partial charge in [0.15, 0.2) is 0 Å². The van der Waals surface area contributed by atoms with Crippen molar-refractivity contribution in [3.63, 3.8) is 0 Å². The van der Waals surface area contributed by atoms with Crippen LogP contribution in [0, 0.1) is 0 Å². The van der Waals surface area contributed by atoms with Gasteiger partial charge >= 0.3 is 5.97 Å². The molecule has 98 valence electrons. The van der Waals surface area contributed by atoms with E-state index >= 15 is 0 Å². The molecule has 1 aliphatic heterocycles. The number of esters is 1.